The largest absolute Gasteiger partial charge is 0.307 e. The summed E-state index contributed by atoms with van der Waals surface area (Å²) < 4.78 is 4.81. The van der Waals surface area contributed by atoms with E-state index < -0.39 is 0 Å². The monoisotopic (exact) mass is 610 g/mol. The molecule has 0 N–H and O–H groups in total. The Kier molecular flexibility index (Phi) is 5.08. The van der Waals surface area contributed by atoms with Gasteiger partial charge in [0.15, 0.2) is 0 Å². The van der Waals surface area contributed by atoms with Crippen LogP contribution in [-0.2, 0) is 0 Å². The lowest BCUT2D eigenvalue weighted by Crippen LogP contribution is -2.04. The maximum absolute atomic E-state index is 5.33. The van der Waals surface area contributed by atoms with Crippen LogP contribution in [0.4, 0.5) is 0 Å². The first-order valence-corrected chi connectivity index (χ1v) is 16.4. The number of hydrogen-bond acceptors (Lipinski definition) is 2. The summed E-state index contributed by atoms with van der Waals surface area (Å²) in [6, 6.07) is 56.1. The molecule has 48 heavy (non-hydrogen) atoms. The molecule has 0 radical (unpaired) electrons. The fourth-order valence-corrected chi connectivity index (χ4v) is 8.10. The Morgan fingerprint density at radius 1 is 0.354 bits per heavy atom. The maximum Gasteiger partial charge on any atom is 0.235 e. The van der Waals surface area contributed by atoms with Crippen molar-refractivity contribution >= 4 is 70.7 Å². The van der Waals surface area contributed by atoms with Crippen molar-refractivity contribution in [2.45, 2.75) is 0 Å². The van der Waals surface area contributed by atoms with Crippen molar-refractivity contribution in [2.24, 2.45) is 0 Å². The fourth-order valence-electron chi connectivity index (χ4n) is 8.10. The highest BCUT2D eigenvalue weighted by molar-refractivity contribution is 6.39. The third-order valence-electron chi connectivity index (χ3n) is 10.0. The summed E-state index contributed by atoms with van der Waals surface area (Å²) in [4.78, 5) is 10.7. The molecule has 0 fully saturated rings. The van der Waals surface area contributed by atoms with Crippen LogP contribution in [0.5, 0.6) is 0 Å². The van der Waals surface area contributed by atoms with Crippen molar-refractivity contribution in [3.05, 3.63) is 158 Å². The number of aromatic nitrogens is 4. The lowest BCUT2D eigenvalue weighted by molar-refractivity contribution is 0.998. The van der Waals surface area contributed by atoms with Gasteiger partial charge < -0.3 is 4.40 Å². The van der Waals surface area contributed by atoms with Gasteiger partial charge in [-0.3, -0.25) is 4.57 Å². The number of benzene rings is 7. The summed E-state index contributed by atoms with van der Waals surface area (Å²) in [6.45, 7) is 0. The van der Waals surface area contributed by atoms with Crippen LogP contribution in [0.1, 0.15) is 0 Å². The van der Waals surface area contributed by atoms with Gasteiger partial charge in [-0.05, 0) is 18.2 Å². The van der Waals surface area contributed by atoms with Crippen LogP contribution >= 0.6 is 0 Å². The number of hydrogen-bond donors (Lipinski definition) is 0. The van der Waals surface area contributed by atoms with E-state index in [0.29, 0.717) is 5.95 Å². The number of rotatable bonds is 3. The van der Waals surface area contributed by atoms with E-state index in [2.05, 4.69) is 155 Å². The van der Waals surface area contributed by atoms with Crippen molar-refractivity contribution in [3.8, 4) is 28.5 Å². The molecule has 4 heterocycles. The molecule has 0 unspecified atom stereocenters. The lowest BCUT2D eigenvalue weighted by Gasteiger charge is -2.13. The van der Waals surface area contributed by atoms with E-state index in [1.807, 2.05) is 12.1 Å². The van der Waals surface area contributed by atoms with Crippen LogP contribution in [0.2, 0.25) is 0 Å². The summed E-state index contributed by atoms with van der Waals surface area (Å²) in [5, 5.41) is 9.92. The zero-order valence-electron chi connectivity index (χ0n) is 25.8. The predicted molar refractivity (Wildman–Crippen MR) is 199 cm³/mol. The van der Waals surface area contributed by atoms with E-state index in [4.69, 9.17) is 9.97 Å². The molecule has 222 valence electrons. The van der Waals surface area contributed by atoms with Crippen LogP contribution in [-0.4, -0.2) is 18.9 Å². The molecule has 0 aliphatic heterocycles. The molecular weight excluding hydrogens is 585 g/mol. The Balaban J connectivity index is 1.38. The normalized spacial score (nSPS) is 12.2. The molecule has 0 spiro atoms. The number of para-hydroxylation sites is 3. The van der Waals surface area contributed by atoms with Crippen LogP contribution < -0.4 is 0 Å². The Labute approximate surface area is 275 Å². The summed E-state index contributed by atoms with van der Waals surface area (Å²) in [6.07, 6.45) is 0. The van der Waals surface area contributed by atoms with E-state index in [-0.39, 0.29) is 0 Å². The van der Waals surface area contributed by atoms with Crippen LogP contribution in [0, 0.1) is 0 Å². The molecule has 0 atom stereocenters. The zero-order valence-corrected chi connectivity index (χ0v) is 25.8. The van der Waals surface area contributed by atoms with Crippen molar-refractivity contribution in [2.75, 3.05) is 0 Å². The molecule has 11 aromatic rings. The van der Waals surface area contributed by atoms with Gasteiger partial charge in [0.1, 0.15) is 0 Å². The average molecular weight is 611 g/mol. The smallest absolute Gasteiger partial charge is 0.235 e. The first-order valence-electron chi connectivity index (χ1n) is 16.4. The van der Waals surface area contributed by atoms with E-state index in [1.165, 1.54) is 59.6 Å². The summed E-state index contributed by atoms with van der Waals surface area (Å²) in [5.74, 6) is 0.660. The van der Waals surface area contributed by atoms with Gasteiger partial charge in [-0.2, -0.15) is 0 Å². The molecule has 0 aliphatic carbocycles. The summed E-state index contributed by atoms with van der Waals surface area (Å²) >= 11 is 0. The van der Waals surface area contributed by atoms with Gasteiger partial charge in [-0.25, -0.2) is 9.97 Å². The first-order chi connectivity index (χ1) is 23.8. The maximum atomic E-state index is 5.33. The highest BCUT2D eigenvalue weighted by atomic mass is 15.2. The van der Waals surface area contributed by atoms with Gasteiger partial charge in [-0.1, -0.05) is 140 Å². The van der Waals surface area contributed by atoms with E-state index >= 15 is 0 Å². The zero-order chi connectivity index (χ0) is 31.3. The quantitative estimate of drug-likeness (QED) is 0.199. The molecular formula is C44H26N4. The van der Waals surface area contributed by atoms with E-state index in [0.717, 1.165) is 33.5 Å². The van der Waals surface area contributed by atoms with Crippen molar-refractivity contribution in [1.82, 2.24) is 18.9 Å². The van der Waals surface area contributed by atoms with Crippen LogP contribution in [0.3, 0.4) is 0 Å². The molecule has 0 saturated carbocycles. The molecule has 4 heteroatoms. The highest BCUT2D eigenvalue weighted by Gasteiger charge is 2.26. The molecule has 0 amide bonds. The molecule has 7 aromatic carbocycles. The van der Waals surface area contributed by atoms with Gasteiger partial charge in [-0.15, -0.1) is 0 Å². The van der Waals surface area contributed by atoms with Crippen molar-refractivity contribution in [1.29, 1.82) is 0 Å². The minimum Gasteiger partial charge on any atom is -0.307 e. The SMILES string of the molecule is c1ccc(-c2cc(-c3ccccc3)nc(-n3c4ccccc4c4c5c6cccc7c8ccccc8n(c76)c5c5ccccc5c43)n2)cc1. The molecule has 4 nitrogen and oxygen atoms in total. The third-order valence-corrected chi connectivity index (χ3v) is 10.0. The number of nitrogens with zero attached hydrogens (tertiary/aromatic N) is 4. The molecule has 4 aromatic heterocycles. The van der Waals surface area contributed by atoms with Gasteiger partial charge in [0, 0.05) is 54.2 Å². The van der Waals surface area contributed by atoms with Gasteiger partial charge in [0.05, 0.1) is 39.0 Å². The molecule has 11 rings (SSSR count). The Morgan fingerprint density at radius 3 is 1.52 bits per heavy atom. The number of fused-ring (bicyclic) bond motifs is 13. The molecule has 0 bridgehead atoms. The summed E-state index contributed by atoms with van der Waals surface area (Å²) in [5.41, 5.74) is 9.87. The predicted octanol–water partition coefficient (Wildman–Crippen LogP) is 11.2. The Morgan fingerprint density at radius 2 is 0.833 bits per heavy atom. The first kappa shape index (κ1) is 25.6. The standard InChI is InChI=1S/C44H26N4/c1-3-14-27(15-4-1)35-26-36(28-16-5-2-6-17-28)46-44(45-35)48-38-25-12-10-21-33(38)39-40-34-23-13-22-30-29-18-9-11-24-37(29)47(41(30)34)42(40)31-19-7-8-20-32(31)43(39)48/h1-26H. The van der Waals surface area contributed by atoms with Crippen molar-refractivity contribution in [3.63, 3.8) is 0 Å². The lowest BCUT2D eigenvalue weighted by atomic mass is 9.98. The van der Waals surface area contributed by atoms with E-state index in [9.17, 15) is 0 Å². The van der Waals surface area contributed by atoms with Crippen LogP contribution in [0.25, 0.3) is 99.1 Å². The Bertz CT molecular complexity index is 2990. The van der Waals surface area contributed by atoms with Crippen LogP contribution in [0.15, 0.2) is 158 Å². The van der Waals surface area contributed by atoms with Gasteiger partial charge >= 0.3 is 0 Å². The second-order valence-corrected chi connectivity index (χ2v) is 12.6. The van der Waals surface area contributed by atoms with Gasteiger partial charge in [0.2, 0.25) is 5.95 Å². The molecule has 0 aliphatic rings. The third kappa shape index (κ3) is 3.33. The van der Waals surface area contributed by atoms with E-state index in [1.54, 1.807) is 0 Å². The van der Waals surface area contributed by atoms with Gasteiger partial charge in [0.25, 0.3) is 0 Å². The average Bonchev–Trinajstić information content (AvgIpc) is 3.81. The summed E-state index contributed by atoms with van der Waals surface area (Å²) in [7, 11) is 0. The highest BCUT2D eigenvalue weighted by Crippen LogP contribution is 2.48. The minimum absolute atomic E-state index is 0.660. The minimum atomic E-state index is 0.660. The second kappa shape index (κ2) is 9.50. The van der Waals surface area contributed by atoms with Crippen molar-refractivity contribution < 1.29 is 0 Å². The second-order valence-electron chi connectivity index (χ2n) is 12.6. The topological polar surface area (TPSA) is 35.1 Å². The molecule has 0 saturated heterocycles. The fraction of sp³-hybridized carbons (Fsp3) is 0. The Hall–Kier alpha value is -6.52.